The quantitative estimate of drug-likeness (QED) is 0.889. The average molecular weight is 320 g/mol. The molecule has 0 aliphatic heterocycles. The van der Waals surface area contributed by atoms with E-state index in [9.17, 15) is 0 Å². The van der Waals surface area contributed by atoms with Gasteiger partial charge in [0.1, 0.15) is 0 Å². The fraction of sp³-hybridized carbons (Fsp3) is 0.333. The number of halogens is 1. The zero-order valence-corrected chi connectivity index (χ0v) is 12.6. The molecule has 0 fully saturated rings. The molecule has 0 saturated carbocycles. The van der Waals surface area contributed by atoms with Crippen molar-refractivity contribution in [2.45, 2.75) is 25.3 Å². The number of nitrogens with one attached hydrogen (secondary N) is 1. The van der Waals surface area contributed by atoms with Gasteiger partial charge in [-0.15, -0.1) is 0 Å². The van der Waals surface area contributed by atoms with E-state index in [4.69, 9.17) is 0 Å². The highest BCUT2D eigenvalue weighted by Gasteiger charge is 2.08. The van der Waals surface area contributed by atoms with Crippen LogP contribution in [0.1, 0.15) is 17.5 Å². The van der Waals surface area contributed by atoms with Crippen LogP contribution in [0.3, 0.4) is 0 Å². The standard InChI is InChI=1S/C15H18BrN3/c1-17-15(5-4-12-3-2-6-18-9-12)8-13-7-14(16)11-19-10-13/h2-3,6-7,9-11,15,17H,4-5,8H2,1H3. The summed E-state index contributed by atoms with van der Waals surface area (Å²) >= 11 is 3.46. The molecule has 2 rings (SSSR count). The number of rotatable bonds is 6. The molecule has 0 aliphatic carbocycles. The van der Waals surface area contributed by atoms with Crippen molar-refractivity contribution in [3.63, 3.8) is 0 Å². The predicted octanol–water partition coefficient (Wildman–Crippen LogP) is 3.00. The van der Waals surface area contributed by atoms with Gasteiger partial charge in [-0.1, -0.05) is 6.07 Å². The molecule has 0 amide bonds. The second-order valence-electron chi connectivity index (χ2n) is 4.60. The molecule has 2 aromatic rings. The molecule has 19 heavy (non-hydrogen) atoms. The lowest BCUT2D eigenvalue weighted by atomic mass is 10.0. The summed E-state index contributed by atoms with van der Waals surface area (Å²) in [7, 11) is 2.01. The molecule has 3 nitrogen and oxygen atoms in total. The van der Waals surface area contributed by atoms with E-state index in [-0.39, 0.29) is 0 Å². The van der Waals surface area contributed by atoms with Crippen molar-refractivity contribution in [3.05, 3.63) is 58.6 Å². The summed E-state index contributed by atoms with van der Waals surface area (Å²) in [6.45, 7) is 0. The molecule has 0 radical (unpaired) electrons. The molecule has 0 saturated heterocycles. The Morgan fingerprint density at radius 2 is 2.05 bits per heavy atom. The number of likely N-dealkylation sites (N-methyl/N-ethyl adjacent to an activating group) is 1. The van der Waals surface area contributed by atoms with Gasteiger partial charge in [-0.3, -0.25) is 9.97 Å². The normalized spacial score (nSPS) is 12.3. The maximum absolute atomic E-state index is 4.21. The van der Waals surface area contributed by atoms with E-state index in [2.05, 4.69) is 43.3 Å². The van der Waals surface area contributed by atoms with E-state index in [0.717, 1.165) is 23.7 Å². The molecule has 1 N–H and O–H groups in total. The van der Waals surface area contributed by atoms with Gasteiger partial charge < -0.3 is 5.32 Å². The van der Waals surface area contributed by atoms with Gasteiger partial charge in [0, 0.05) is 35.3 Å². The number of hydrogen-bond donors (Lipinski definition) is 1. The van der Waals surface area contributed by atoms with Crippen molar-refractivity contribution >= 4 is 15.9 Å². The van der Waals surface area contributed by atoms with Gasteiger partial charge in [-0.05, 0) is 65.5 Å². The van der Waals surface area contributed by atoms with Crippen LogP contribution in [0.2, 0.25) is 0 Å². The lowest BCUT2D eigenvalue weighted by molar-refractivity contribution is 0.519. The summed E-state index contributed by atoms with van der Waals surface area (Å²) in [5, 5.41) is 3.38. The van der Waals surface area contributed by atoms with Crippen LogP contribution in [0.4, 0.5) is 0 Å². The van der Waals surface area contributed by atoms with E-state index in [1.54, 1.807) is 0 Å². The lowest BCUT2D eigenvalue weighted by Gasteiger charge is -2.16. The van der Waals surface area contributed by atoms with Crippen LogP contribution in [0.5, 0.6) is 0 Å². The van der Waals surface area contributed by atoms with E-state index >= 15 is 0 Å². The molecule has 0 aliphatic rings. The third-order valence-corrected chi connectivity index (χ3v) is 3.59. The maximum Gasteiger partial charge on any atom is 0.0410 e. The molecule has 0 spiro atoms. The average Bonchev–Trinajstić information content (AvgIpc) is 2.44. The maximum atomic E-state index is 4.21. The number of nitrogens with zero attached hydrogens (tertiary/aromatic N) is 2. The molecule has 1 atom stereocenters. The summed E-state index contributed by atoms with van der Waals surface area (Å²) in [4.78, 5) is 8.35. The molecular weight excluding hydrogens is 302 g/mol. The van der Waals surface area contributed by atoms with E-state index in [1.165, 1.54) is 11.1 Å². The number of aryl methyl sites for hydroxylation is 1. The van der Waals surface area contributed by atoms with E-state index in [0.29, 0.717) is 6.04 Å². The van der Waals surface area contributed by atoms with Gasteiger partial charge in [0.25, 0.3) is 0 Å². The summed E-state index contributed by atoms with van der Waals surface area (Å²) in [6, 6.07) is 6.69. The molecule has 0 bridgehead atoms. The highest BCUT2D eigenvalue weighted by Crippen LogP contribution is 2.13. The second-order valence-corrected chi connectivity index (χ2v) is 5.52. The Morgan fingerprint density at radius 3 is 2.74 bits per heavy atom. The third-order valence-electron chi connectivity index (χ3n) is 3.16. The topological polar surface area (TPSA) is 37.8 Å². The zero-order valence-electron chi connectivity index (χ0n) is 11.0. The zero-order chi connectivity index (χ0) is 13.5. The minimum Gasteiger partial charge on any atom is -0.317 e. The molecule has 2 aromatic heterocycles. The Kier molecular flexibility index (Phi) is 5.48. The number of aromatic nitrogens is 2. The van der Waals surface area contributed by atoms with Crippen LogP contribution >= 0.6 is 15.9 Å². The van der Waals surface area contributed by atoms with E-state index in [1.807, 2.05) is 37.9 Å². The van der Waals surface area contributed by atoms with Gasteiger partial charge in [0.05, 0.1) is 0 Å². The Balaban J connectivity index is 1.90. The van der Waals surface area contributed by atoms with Gasteiger partial charge in [-0.2, -0.15) is 0 Å². The minimum atomic E-state index is 0.455. The predicted molar refractivity (Wildman–Crippen MR) is 81.0 cm³/mol. The van der Waals surface area contributed by atoms with Gasteiger partial charge in [0.2, 0.25) is 0 Å². The Labute approximate surface area is 122 Å². The highest BCUT2D eigenvalue weighted by atomic mass is 79.9. The van der Waals surface area contributed by atoms with Gasteiger partial charge >= 0.3 is 0 Å². The lowest BCUT2D eigenvalue weighted by Crippen LogP contribution is -2.28. The van der Waals surface area contributed by atoms with Crippen molar-refractivity contribution < 1.29 is 0 Å². The summed E-state index contributed by atoms with van der Waals surface area (Å²) in [5.74, 6) is 0. The smallest absolute Gasteiger partial charge is 0.0410 e. The van der Waals surface area contributed by atoms with Crippen molar-refractivity contribution in [3.8, 4) is 0 Å². The van der Waals surface area contributed by atoms with Crippen molar-refractivity contribution in [1.82, 2.24) is 15.3 Å². The Bertz CT molecular complexity index is 502. The molecule has 1 unspecified atom stereocenters. The fourth-order valence-electron chi connectivity index (χ4n) is 2.09. The molecular formula is C15H18BrN3. The first kappa shape index (κ1) is 14.2. The number of pyridine rings is 2. The first-order valence-corrected chi connectivity index (χ1v) is 7.23. The highest BCUT2D eigenvalue weighted by molar-refractivity contribution is 9.10. The fourth-order valence-corrected chi connectivity index (χ4v) is 2.50. The Morgan fingerprint density at radius 1 is 1.21 bits per heavy atom. The van der Waals surface area contributed by atoms with Crippen LogP contribution in [0.15, 0.2) is 47.5 Å². The Hall–Kier alpha value is -1.26. The van der Waals surface area contributed by atoms with Crippen LogP contribution in [0.25, 0.3) is 0 Å². The first-order chi connectivity index (χ1) is 9.28. The first-order valence-electron chi connectivity index (χ1n) is 6.43. The third kappa shape index (κ3) is 4.73. The largest absolute Gasteiger partial charge is 0.317 e. The number of hydrogen-bond acceptors (Lipinski definition) is 3. The summed E-state index contributed by atoms with van der Waals surface area (Å²) in [6.07, 6.45) is 10.6. The van der Waals surface area contributed by atoms with Crippen LogP contribution in [0, 0.1) is 0 Å². The van der Waals surface area contributed by atoms with Crippen LogP contribution in [-0.2, 0) is 12.8 Å². The van der Waals surface area contributed by atoms with E-state index < -0.39 is 0 Å². The monoisotopic (exact) mass is 319 g/mol. The minimum absolute atomic E-state index is 0.455. The molecule has 2 heterocycles. The molecule has 100 valence electrons. The van der Waals surface area contributed by atoms with Crippen LogP contribution < -0.4 is 5.32 Å². The summed E-state index contributed by atoms with van der Waals surface area (Å²) < 4.78 is 1.03. The van der Waals surface area contributed by atoms with Gasteiger partial charge in [-0.25, -0.2) is 0 Å². The molecule has 4 heteroatoms. The SMILES string of the molecule is CNC(CCc1cccnc1)Cc1cncc(Br)c1. The second kappa shape index (κ2) is 7.36. The molecule has 0 aromatic carbocycles. The van der Waals surface area contributed by atoms with Crippen molar-refractivity contribution in [1.29, 1.82) is 0 Å². The summed E-state index contributed by atoms with van der Waals surface area (Å²) in [5.41, 5.74) is 2.54. The van der Waals surface area contributed by atoms with Gasteiger partial charge in [0.15, 0.2) is 0 Å². The van der Waals surface area contributed by atoms with Crippen molar-refractivity contribution in [2.24, 2.45) is 0 Å². The van der Waals surface area contributed by atoms with Crippen LogP contribution in [-0.4, -0.2) is 23.1 Å². The van der Waals surface area contributed by atoms with Crippen molar-refractivity contribution in [2.75, 3.05) is 7.05 Å².